The Labute approximate surface area is 107 Å². The molecule has 5 heteroatoms. The minimum Gasteiger partial charge on any atom is -0.241 e. The molecule has 1 aromatic carbocycles. The van der Waals surface area contributed by atoms with Crippen LogP contribution in [0.2, 0.25) is 0 Å². The van der Waals surface area contributed by atoms with Gasteiger partial charge in [-0.05, 0) is 18.1 Å². The number of halogens is 3. The summed E-state index contributed by atoms with van der Waals surface area (Å²) in [5.41, 5.74) is 0.787. The van der Waals surface area contributed by atoms with Gasteiger partial charge in [-0.2, -0.15) is 13.2 Å². The quantitative estimate of drug-likeness (QED) is 0.753. The van der Waals surface area contributed by atoms with Crippen molar-refractivity contribution in [3.05, 3.63) is 40.9 Å². The Kier molecular flexibility index (Phi) is 3.43. The van der Waals surface area contributed by atoms with Gasteiger partial charge < -0.3 is 0 Å². The van der Waals surface area contributed by atoms with E-state index < -0.39 is 11.7 Å². The molecule has 0 atom stereocenters. The van der Waals surface area contributed by atoms with Gasteiger partial charge in [-0.25, -0.2) is 4.98 Å². The van der Waals surface area contributed by atoms with Crippen molar-refractivity contribution < 1.29 is 13.2 Å². The lowest BCUT2D eigenvalue weighted by atomic mass is 10.1. The molecule has 0 saturated heterocycles. The molecule has 0 saturated carbocycles. The maximum atomic E-state index is 12.6. The van der Waals surface area contributed by atoms with Crippen LogP contribution in [0, 0.1) is 0 Å². The van der Waals surface area contributed by atoms with Gasteiger partial charge in [0.2, 0.25) is 0 Å². The first-order chi connectivity index (χ1) is 8.38. The van der Waals surface area contributed by atoms with Gasteiger partial charge in [0.15, 0.2) is 0 Å². The Balaban J connectivity index is 2.38. The highest BCUT2D eigenvalue weighted by Gasteiger charge is 2.30. The molecule has 0 N–H and O–H groups in total. The van der Waals surface area contributed by atoms with Crippen molar-refractivity contribution in [3.8, 4) is 10.6 Å². The van der Waals surface area contributed by atoms with Gasteiger partial charge in [0.05, 0.1) is 11.3 Å². The number of rotatable bonds is 2. The van der Waals surface area contributed by atoms with Crippen LogP contribution in [0.5, 0.6) is 0 Å². The lowest BCUT2D eigenvalue weighted by Crippen LogP contribution is -2.04. The van der Waals surface area contributed by atoms with Gasteiger partial charge in [0.1, 0.15) is 5.01 Å². The van der Waals surface area contributed by atoms with Crippen molar-refractivity contribution in [2.75, 3.05) is 0 Å². The Morgan fingerprint density at radius 3 is 2.50 bits per heavy atom. The van der Waals surface area contributed by atoms with Crippen molar-refractivity contribution in [2.24, 2.45) is 0 Å². The fraction of sp³-hybridized carbons (Fsp3) is 0.308. The second kappa shape index (κ2) is 4.72. The summed E-state index contributed by atoms with van der Waals surface area (Å²) in [4.78, 5) is 4.35. The normalized spacial score (nSPS) is 12.1. The van der Waals surface area contributed by atoms with E-state index in [1.165, 1.54) is 17.4 Å². The summed E-state index contributed by atoms with van der Waals surface area (Å²) in [7, 11) is 0. The molecule has 18 heavy (non-hydrogen) atoms. The third kappa shape index (κ3) is 2.72. The third-order valence-electron chi connectivity index (χ3n) is 2.55. The second-order valence-electron chi connectivity index (χ2n) is 4.31. The van der Waals surface area contributed by atoms with Crippen LogP contribution in [0.15, 0.2) is 29.6 Å². The summed E-state index contributed by atoms with van der Waals surface area (Å²) in [6.45, 7) is 4.01. The van der Waals surface area contributed by atoms with E-state index in [1.54, 1.807) is 6.07 Å². The molecule has 2 rings (SSSR count). The average Bonchev–Trinajstić information content (AvgIpc) is 2.77. The molecule has 0 radical (unpaired) electrons. The van der Waals surface area contributed by atoms with Crippen LogP contribution in [-0.4, -0.2) is 4.98 Å². The van der Waals surface area contributed by atoms with Crippen LogP contribution in [0.1, 0.15) is 31.0 Å². The van der Waals surface area contributed by atoms with Gasteiger partial charge in [-0.3, -0.25) is 0 Å². The Morgan fingerprint density at radius 2 is 1.94 bits per heavy atom. The molecule has 0 aliphatic carbocycles. The molecule has 0 unspecified atom stereocenters. The molecule has 96 valence electrons. The van der Waals surface area contributed by atoms with Gasteiger partial charge >= 0.3 is 6.18 Å². The smallest absolute Gasteiger partial charge is 0.241 e. The first-order valence-electron chi connectivity index (χ1n) is 5.51. The Hall–Kier alpha value is -1.36. The Morgan fingerprint density at radius 1 is 1.22 bits per heavy atom. The van der Waals surface area contributed by atoms with Gasteiger partial charge in [0.25, 0.3) is 0 Å². The molecule has 0 bridgehead atoms. The van der Waals surface area contributed by atoms with E-state index in [2.05, 4.69) is 4.98 Å². The van der Waals surface area contributed by atoms with Crippen molar-refractivity contribution in [2.45, 2.75) is 25.9 Å². The van der Waals surface area contributed by atoms with E-state index >= 15 is 0 Å². The summed E-state index contributed by atoms with van der Waals surface area (Å²) in [6, 6.07) is 5.27. The Bertz CT molecular complexity index is 543. The summed E-state index contributed by atoms with van der Waals surface area (Å²) < 4.78 is 37.8. The van der Waals surface area contributed by atoms with Crippen molar-refractivity contribution in [3.63, 3.8) is 0 Å². The largest absolute Gasteiger partial charge is 0.416 e. The fourth-order valence-corrected chi connectivity index (χ4v) is 2.49. The number of aromatic nitrogens is 1. The molecular formula is C13H12F3NS. The SMILES string of the molecule is CC(C)c1csc(-c2cccc(C(F)(F)F)c2)n1. The van der Waals surface area contributed by atoms with Gasteiger partial charge in [-0.1, -0.05) is 26.0 Å². The molecule has 0 spiro atoms. The number of nitrogens with zero attached hydrogens (tertiary/aromatic N) is 1. The first kappa shape index (κ1) is 13.1. The zero-order valence-electron chi connectivity index (χ0n) is 9.95. The van der Waals surface area contributed by atoms with E-state index in [0.29, 0.717) is 10.6 Å². The van der Waals surface area contributed by atoms with Crippen LogP contribution < -0.4 is 0 Å². The number of hydrogen-bond acceptors (Lipinski definition) is 2. The minimum atomic E-state index is -4.31. The number of thiazole rings is 1. The fourth-order valence-electron chi connectivity index (χ4n) is 1.51. The second-order valence-corrected chi connectivity index (χ2v) is 5.17. The molecule has 1 nitrogen and oxygen atoms in total. The average molecular weight is 271 g/mol. The molecule has 1 aromatic heterocycles. The zero-order valence-corrected chi connectivity index (χ0v) is 10.8. The molecule has 0 fully saturated rings. The number of alkyl halides is 3. The van der Waals surface area contributed by atoms with Crippen LogP contribution >= 0.6 is 11.3 Å². The zero-order chi connectivity index (χ0) is 13.3. The number of hydrogen-bond donors (Lipinski definition) is 0. The minimum absolute atomic E-state index is 0.279. The summed E-state index contributed by atoms with van der Waals surface area (Å²) in [6.07, 6.45) is -4.31. The third-order valence-corrected chi connectivity index (χ3v) is 3.46. The molecule has 1 heterocycles. The monoisotopic (exact) mass is 271 g/mol. The highest BCUT2D eigenvalue weighted by Crippen LogP contribution is 2.33. The highest BCUT2D eigenvalue weighted by atomic mass is 32.1. The topological polar surface area (TPSA) is 12.9 Å². The summed E-state index contributed by atoms with van der Waals surface area (Å²) in [5, 5.41) is 2.52. The summed E-state index contributed by atoms with van der Waals surface area (Å²) >= 11 is 1.37. The van der Waals surface area contributed by atoms with Crippen molar-refractivity contribution in [1.82, 2.24) is 4.98 Å². The molecule has 2 aromatic rings. The first-order valence-corrected chi connectivity index (χ1v) is 6.39. The predicted octanol–water partition coefficient (Wildman–Crippen LogP) is 4.95. The van der Waals surface area contributed by atoms with E-state index in [1.807, 2.05) is 19.2 Å². The highest BCUT2D eigenvalue weighted by molar-refractivity contribution is 7.13. The van der Waals surface area contributed by atoms with E-state index in [9.17, 15) is 13.2 Å². The summed E-state index contributed by atoms with van der Waals surface area (Å²) in [5.74, 6) is 0.279. The lowest BCUT2D eigenvalue weighted by Gasteiger charge is -2.07. The number of benzene rings is 1. The molecule has 0 amide bonds. The van der Waals surface area contributed by atoms with Crippen LogP contribution in [0.4, 0.5) is 13.2 Å². The maximum absolute atomic E-state index is 12.6. The van der Waals surface area contributed by atoms with Crippen molar-refractivity contribution >= 4 is 11.3 Å². The van der Waals surface area contributed by atoms with Crippen LogP contribution in [-0.2, 0) is 6.18 Å². The molecule has 0 aliphatic heterocycles. The predicted molar refractivity (Wildman–Crippen MR) is 66.6 cm³/mol. The van der Waals surface area contributed by atoms with Crippen LogP contribution in [0.25, 0.3) is 10.6 Å². The maximum Gasteiger partial charge on any atom is 0.416 e. The molecule has 0 aliphatic rings. The van der Waals surface area contributed by atoms with E-state index in [0.717, 1.165) is 17.8 Å². The van der Waals surface area contributed by atoms with Crippen molar-refractivity contribution in [1.29, 1.82) is 0 Å². The van der Waals surface area contributed by atoms with E-state index in [4.69, 9.17) is 0 Å². The standard InChI is InChI=1S/C13H12F3NS/c1-8(2)11-7-18-12(17-11)9-4-3-5-10(6-9)13(14,15)16/h3-8H,1-2H3. The van der Waals surface area contributed by atoms with Gasteiger partial charge in [-0.15, -0.1) is 11.3 Å². The van der Waals surface area contributed by atoms with E-state index in [-0.39, 0.29) is 5.92 Å². The molecular weight excluding hydrogens is 259 g/mol. The van der Waals surface area contributed by atoms with Gasteiger partial charge in [0, 0.05) is 10.9 Å². The lowest BCUT2D eigenvalue weighted by molar-refractivity contribution is -0.137. The van der Waals surface area contributed by atoms with Crippen LogP contribution in [0.3, 0.4) is 0 Å².